The van der Waals surface area contributed by atoms with Crippen LogP contribution in [0, 0.1) is 5.92 Å². The fourth-order valence-corrected chi connectivity index (χ4v) is 0.728. The van der Waals surface area contributed by atoms with Gasteiger partial charge in [-0.2, -0.15) is 0 Å². The van der Waals surface area contributed by atoms with E-state index in [1.807, 2.05) is 0 Å². The van der Waals surface area contributed by atoms with Crippen molar-refractivity contribution in [2.75, 3.05) is 13.2 Å². The molecular formula is C11H16O6. The van der Waals surface area contributed by atoms with Crippen molar-refractivity contribution in [2.45, 2.75) is 13.8 Å². The van der Waals surface area contributed by atoms with E-state index in [0.29, 0.717) is 0 Å². The maximum atomic E-state index is 10.9. The first-order valence-corrected chi connectivity index (χ1v) is 4.99. The van der Waals surface area contributed by atoms with Gasteiger partial charge < -0.3 is 18.9 Å². The molecule has 0 aromatic carbocycles. The zero-order chi connectivity index (χ0) is 13.1. The standard InChI is InChI=1S/C11H16O6/c1-4-6-15-11(13)17-8-9(3)7-16-10(12)14-5-2/h4-6,9H,2,7-8H2,1,3H3. The Morgan fingerprint density at radius 3 is 2.18 bits per heavy atom. The number of allylic oxidation sites excluding steroid dienone is 1. The smallest absolute Gasteiger partial charge is 0.434 e. The summed E-state index contributed by atoms with van der Waals surface area (Å²) in [5.41, 5.74) is 0. The second-order valence-electron chi connectivity index (χ2n) is 3.10. The van der Waals surface area contributed by atoms with Gasteiger partial charge >= 0.3 is 12.3 Å². The lowest BCUT2D eigenvalue weighted by Gasteiger charge is -2.11. The largest absolute Gasteiger partial charge is 0.513 e. The number of carbonyl (C=O) groups excluding carboxylic acids is 2. The maximum Gasteiger partial charge on any atom is 0.513 e. The van der Waals surface area contributed by atoms with Crippen molar-refractivity contribution in [3.8, 4) is 0 Å². The van der Waals surface area contributed by atoms with Crippen LogP contribution in [-0.2, 0) is 18.9 Å². The van der Waals surface area contributed by atoms with Crippen molar-refractivity contribution in [1.29, 1.82) is 0 Å². The molecule has 0 aliphatic heterocycles. The summed E-state index contributed by atoms with van der Waals surface area (Å²) in [5, 5.41) is 0. The molecule has 17 heavy (non-hydrogen) atoms. The van der Waals surface area contributed by atoms with Crippen molar-refractivity contribution < 1.29 is 28.5 Å². The number of hydrogen-bond donors (Lipinski definition) is 0. The van der Waals surface area contributed by atoms with Crippen molar-refractivity contribution in [3.05, 3.63) is 25.2 Å². The van der Waals surface area contributed by atoms with Crippen LogP contribution in [0.5, 0.6) is 0 Å². The summed E-state index contributed by atoms with van der Waals surface area (Å²) >= 11 is 0. The Bertz CT molecular complexity index is 284. The lowest BCUT2D eigenvalue weighted by Crippen LogP contribution is -2.18. The van der Waals surface area contributed by atoms with E-state index in [9.17, 15) is 9.59 Å². The van der Waals surface area contributed by atoms with E-state index < -0.39 is 12.3 Å². The Kier molecular flexibility index (Phi) is 8.18. The van der Waals surface area contributed by atoms with Crippen LogP contribution in [0.25, 0.3) is 0 Å². The molecule has 0 heterocycles. The van der Waals surface area contributed by atoms with E-state index >= 15 is 0 Å². The molecule has 96 valence electrons. The van der Waals surface area contributed by atoms with Gasteiger partial charge in [-0.15, -0.1) is 0 Å². The molecule has 0 aromatic heterocycles. The molecule has 0 amide bonds. The molecule has 0 aliphatic rings. The van der Waals surface area contributed by atoms with Gasteiger partial charge in [0.1, 0.15) is 13.2 Å². The second kappa shape index (κ2) is 9.26. The normalized spacial score (nSPS) is 11.6. The summed E-state index contributed by atoms with van der Waals surface area (Å²) in [6.07, 6.45) is 2.09. The van der Waals surface area contributed by atoms with Gasteiger partial charge in [0.25, 0.3) is 0 Å². The van der Waals surface area contributed by atoms with Gasteiger partial charge in [0.05, 0.1) is 12.5 Å². The average molecular weight is 244 g/mol. The predicted octanol–water partition coefficient (Wildman–Crippen LogP) is 2.61. The summed E-state index contributed by atoms with van der Waals surface area (Å²) in [5.74, 6) is -0.162. The number of ether oxygens (including phenoxy) is 4. The Hall–Kier alpha value is -1.98. The van der Waals surface area contributed by atoms with E-state index in [0.717, 1.165) is 6.26 Å². The number of carbonyl (C=O) groups is 2. The topological polar surface area (TPSA) is 71.1 Å². The summed E-state index contributed by atoms with van der Waals surface area (Å²) in [7, 11) is 0. The second-order valence-corrected chi connectivity index (χ2v) is 3.10. The van der Waals surface area contributed by atoms with E-state index in [4.69, 9.17) is 4.74 Å². The average Bonchev–Trinajstić information content (AvgIpc) is 2.31. The van der Waals surface area contributed by atoms with Gasteiger partial charge in [0.2, 0.25) is 0 Å². The highest BCUT2D eigenvalue weighted by Gasteiger charge is 2.10. The van der Waals surface area contributed by atoms with E-state index in [-0.39, 0.29) is 19.1 Å². The van der Waals surface area contributed by atoms with Gasteiger partial charge in [-0.3, -0.25) is 0 Å². The zero-order valence-corrected chi connectivity index (χ0v) is 9.88. The molecule has 0 rings (SSSR count). The van der Waals surface area contributed by atoms with Crippen LogP contribution in [0.3, 0.4) is 0 Å². The molecule has 1 unspecified atom stereocenters. The summed E-state index contributed by atoms with van der Waals surface area (Å²) in [4.78, 5) is 21.7. The molecule has 1 atom stereocenters. The van der Waals surface area contributed by atoms with Crippen LogP contribution >= 0.6 is 0 Å². The molecule has 6 heteroatoms. The van der Waals surface area contributed by atoms with Crippen molar-refractivity contribution in [2.24, 2.45) is 5.92 Å². The first kappa shape index (κ1) is 15.0. The third kappa shape index (κ3) is 8.98. The molecule has 0 spiro atoms. The van der Waals surface area contributed by atoms with E-state index in [2.05, 4.69) is 20.8 Å². The SMILES string of the molecule is C=COC(=O)OCC(C)COC(=O)OC=CC. The van der Waals surface area contributed by atoms with Gasteiger partial charge in [-0.1, -0.05) is 19.6 Å². The van der Waals surface area contributed by atoms with Crippen LogP contribution in [0.2, 0.25) is 0 Å². The Labute approximate surface area is 99.8 Å². The van der Waals surface area contributed by atoms with E-state index in [1.165, 1.54) is 6.26 Å². The Morgan fingerprint density at radius 2 is 1.71 bits per heavy atom. The van der Waals surface area contributed by atoms with Crippen molar-refractivity contribution in [3.63, 3.8) is 0 Å². The zero-order valence-electron chi connectivity index (χ0n) is 9.88. The molecule has 0 bridgehead atoms. The molecule has 6 nitrogen and oxygen atoms in total. The lowest BCUT2D eigenvalue weighted by molar-refractivity contribution is 0.0428. The third-order valence-electron chi connectivity index (χ3n) is 1.45. The van der Waals surface area contributed by atoms with Crippen molar-refractivity contribution in [1.82, 2.24) is 0 Å². The fraction of sp³-hybridized carbons (Fsp3) is 0.455. The number of hydrogen-bond acceptors (Lipinski definition) is 6. The van der Waals surface area contributed by atoms with Gasteiger partial charge in [-0.05, 0) is 6.92 Å². The summed E-state index contributed by atoms with van der Waals surface area (Å²) in [6.45, 7) is 6.80. The Morgan fingerprint density at radius 1 is 1.18 bits per heavy atom. The quantitative estimate of drug-likeness (QED) is 0.528. The first-order valence-electron chi connectivity index (χ1n) is 4.99. The van der Waals surface area contributed by atoms with Crippen LogP contribution in [0.4, 0.5) is 9.59 Å². The van der Waals surface area contributed by atoms with Crippen LogP contribution in [0.15, 0.2) is 25.2 Å². The minimum Gasteiger partial charge on any atom is -0.434 e. The monoisotopic (exact) mass is 244 g/mol. The summed E-state index contributed by atoms with van der Waals surface area (Å²) < 4.78 is 18.3. The van der Waals surface area contributed by atoms with Gasteiger partial charge in [-0.25, -0.2) is 9.59 Å². The van der Waals surface area contributed by atoms with Crippen LogP contribution < -0.4 is 0 Å². The highest BCUT2D eigenvalue weighted by atomic mass is 16.7. The molecule has 0 aromatic rings. The molecule has 0 fully saturated rings. The fourth-order valence-electron chi connectivity index (χ4n) is 0.728. The third-order valence-corrected chi connectivity index (χ3v) is 1.45. The van der Waals surface area contributed by atoms with Crippen molar-refractivity contribution >= 4 is 12.3 Å². The minimum absolute atomic E-state index is 0.0730. The number of rotatable bonds is 6. The minimum atomic E-state index is -0.844. The Balaban J connectivity index is 3.65. The lowest BCUT2D eigenvalue weighted by atomic mass is 10.2. The molecule has 0 N–H and O–H groups in total. The van der Waals surface area contributed by atoms with Gasteiger partial charge in [0, 0.05) is 5.92 Å². The molecular weight excluding hydrogens is 228 g/mol. The highest BCUT2D eigenvalue weighted by Crippen LogP contribution is 2.00. The first-order chi connectivity index (χ1) is 8.10. The maximum absolute atomic E-state index is 10.9. The van der Waals surface area contributed by atoms with E-state index in [1.54, 1.807) is 19.9 Å². The van der Waals surface area contributed by atoms with Crippen LogP contribution in [-0.4, -0.2) is 25.5 Å². The van der Waals surface area contributed by atoms with Crippen LogP contribution in [0.1, 0.15) is 13.8 Å². The molecule has 0 radical (unpaired) electrons. The predicted molar refractivity (Wildman–Crippen MR) is 59.0 cm³/mol. The molecule has 0 saturated heterocycles. The highest BCUT2D eigenvalue weighted by molar-refractivity contribution is 5.61. The molecule has 0 aliphatic carbocycles. The molecule has 0 saturated carbocycles. The van der Waals surface area contributed by atoms with Gasteiger partial charge in [0.15, 0.2) is 0 Å². The summed E-state index contributed by atoms with van der Waals surface area (Å²) in [6, 6.07) is 0.